The molecule has 0 radical (unpaired) electrons. The summed E-state index contributed by atoms with van der Waals surface area (Å²) in [6.07, 6.45) is 1.15. The highest BCUT2D eigenvalue weighted by Gasteiger charge is 2.15. The first-order chi connectivity index (χ1) is 12.5. The van der Waals surface area contributed by atoms with Crippen LogP contribution in [0.1, 0.15) is 17.4 Å². The van der Waals surface area contributed by atoms with Crippen molar-refractivity contribution in [1.82, 2.24) is 25.1 Å². The topological polar surface area (TPSA) is 101 Å². The molecule has 3 heterocycles. The zero-order chi connectivity index (χ0) is 18.5. The standard InChI is InChI=1S/C16H17ClFN7O/c1-9-5-15(25-24-9)21-14-6-13(22-16(17)23-14)20-12(8-26-2)11-4-3-10(18)7-19-11/h3-7,12H,8H2,1-2H3,(H3,20,21,22,23,24,25). The monoisotopic (exact) mass is 377 g/mol. The molecule has 136 valence electrons. The largest absolute Gasteiger partial charge is 0.382 e. The van der Waals surface area contributed by atoms with E-state index in [1.54, 1.807) is 19.2 Å². The number of halogens is 2. The number of aryl methyl sites for hydroxylation is 1. The Balaban J connectivity index is 1.81. The molecule has 0 aromatic carbocycles. The van der Waals surface area contributed by atoms with Crippen molar-refractivity contribution in [3.8, 4) is 0 Å². The number of rotatable bonds is 7. The predicted molar refractivity (Wildman–Crippen MR) is 96.1 cm³/mol. The summed E-state index contributed by atoms with van der Waals surface area (Å²) in [7, 11) is 1.57. The molecule has 3 aromatic rings. The van der Waals surface area contributed by atoms with E-state index in [4.69, 9.17) is 16.3 Å². The fourth-order valence-electron chi connectivity index (χ4n) is 2.31. The highest BCUT2D eigenvalue weighted by Crippen LogP contribution is 2.22. The number of nitrogens with zero attached hydrogens (tertiary/aromatic N) is 4. The number of methoxy groups -OCH3 is 1. The van der Waals surface area contributed by atoms with Crippen molar-refractivity contribution < 1.29 is 9.13 Å². The molecule has 0 fully saturated rings. The van der Waals surface area contributed by atoms with Crippen molar-refractivity contribution in [2.75, 3.05) is 24.4 Å². The Hall–Kier alpha value is -2.78. The van der Waals surface area contributed by atoms with E-state index in [9.17, 15) is 4.39 Å². The highest BCUT2D eigenvalue weighted by molar-refractivity contribution is 6.28. The third kappa shape index (κ3) is 4.64. The van der Waals surface area contributed by atoms with Gasteiger partial charge in [0.2, 0.25) is 5.28 Å². The van der Waals surface area contributed by atoms with Gasteiger partial charge in [0, 0.05) is 24.9 Å². The Morgan fingerprint density at radius 3 is 2.69 bits per heavy atom. The minimum Gasteiger partial charge on any atom is -0.382 e. The molecular formula is C16H17ClFN7O. The maximum atomic E-state index is 13.1. The van der Waals surface area contributed by atoms with Crippen molar-refractivity contribution >= 4 is 29.1 Å². The average molecular weight is 378 g/mol. The number of nitrogens with one attached hydrogen (secondary N) is 3. The average Bonchev–Trinajstić information content (AvgIpc) is 2.99. The van der Waals surface area contributed by atoms with Gasteiger partial charge >= 0.3 is 0 Å². The van der Waals surface area contributed by atoms with Gasteiger partial charge in [-0.3, -0.25) is 10.1 Å². The molecule has 26 heavy (non-hydrogen) atoms. The molecule has 0 saturated heterocycles. The van der Waals surface area contributed by atoms with Gasteiger partial charge in [-0.2, -0.15) is 5.10 Å². The lowest BCUT2D eigenvalue weighted by atomic mass is 10.2. The number of hydrogen-bond acceptors (Lipinski definition) is 7. The van der Waals surface area contributed by atoms with Gasteiger partial charge in [0.15, 0.2) is 5.82 Å². The number of aromatic nitrogens is 5. The first-order valence-corrected chi connectivity index (χ1v) is 8.12. The number of ether oxygens (including phenoxy) is 1. The normalized spacial score (nSPS) is 12.0. The van der Waals surface area contributed by atoms with Crippen LogP contribution in [0, 0.1) is 12.7 Å². The molecule has 0 spiro atoms. The second-order valence-corrected chi connectivity index (χ2v) is 5.86. The molecule has 3 rings (SSSR count). The van der Waals surface area contributed by atoms with Gasteiger partial charge in [-0.1, -0.05) is 0 Å². The van der Waals surface area contributed by atoms with Crippen LogP contribution in [0.5, 0.6) is 0 Å². The van der Waals surface area contributed by atoms with Gasteiger partial charge in [0.05, 0.1) is 24.5 Å². The smallest absolute Gasteiger partial charge is 0.226 e. The summed E-state index contributed by atoms with van der Waals surface area (Å²) in [5, 5.41) is 13.2. The zero-order valence-corrected chi connectivity index (χ0v) is 14.9. The third-order valence-corrected chi connectivity index (χ3v) is 3.59. The van der Waals surface area contributed by atoms with Crippen LogP contribution < -0.4 is 10.6 Å². The van der Waals surface area contributed by atoms with Gasteiger partial charge in [0.1, 0.15) is 17.5 Å². The van der Waals surface area contributed by atoms with Crippen molar-refractivity contribution in [1.29, 1.82) is 0 Å². The molecule has 10 heteroatoms. The number of H-pyrrole nitrogens is 1. The summed E-state index contributed by atoms with van der Waals surface area (Å²) in [6.45, 7) is 2.20. The van der Waals surface area contributed by atoms with Gasteiger partial charge in [-0.25, -0.2) is 14.4 Å². The quantitative estimate of drug-likeness (QED) is 0.543. The summed E-state index contributed by atoms with van der Waals surface area (Å²) in [5.41, 5.74) is 1.52. The number of anilines is 3. The Morgan fingerprint density at radius 1 is 1.23 bits per heavy atom. The fraction of sp³-hybridized carbons (Fsp3) is 0.250. The summed E-state index contributed by atoms with van der Waals surface area (Å²) < 4.78 is 18.3. The maximum absolute atomic E-state index is 13.1. The lowest BCUT2D eigenvalue weighted by Crippen LogP contribution is -2.18. The van der Waals surface area contributed by atoms with Gasteiger partial charge < -0.3 is 15.4 Å². The number of pyridine rings is 1. The summed E-state index contributed by atoms with van der Waals surface area (Å²) in [5.74, 6) is 1.14. The van der Waals surface area contributed by atoms with E-state index in [2.05, 4.69) is 35.8 Å². The molecule has 3 aromatic heterocycles. The lowest BCUT2D eigenvalue weighted by molar-refractivity contribution is 0.185. The van der Waals surface area contributed by atoms with Crippen molar-refractivity contribution in [3.63, 3.8) is 0 Å². The van der Waals surface area contributed by atoms with Crippen molar-refractivity contribution in [2.24, 2.45) is 0 Å². The summed E-state index contributed by atoms with van der Waals surface area (Å²) in [4.78, 5) is 12.4. The second kappa shape index (κ2) is 8.07. The Labute approximate surface area is 154 Å². The molecule has 0 saturated carbocycles. The molecular weight excluding hydrogens is 361 g/mol. The van der Waals surface area contributed by atoms with Crippen LogP contribution in [-0.4, -0.2) is 38.9 Å². The van der Waals surface area contributed by atoms with Crippen molar-refractivity contribution in [2.45, 2.75) is 13.0 Å². The first-order valence-electron chi connectivity index (χ1n) is 7.74. The zero-order valence-electron chi connectivity index (χ0n) is 14.1. The molecule has 0 aliphatic carbocycles. The summed E-state index contributed by atoms with van der Waals surface area (Å²) in [6, 6.07) is 6.10. The number of aromatic amines is 1. The highest BCUT2D eigenvalue weighted by atomic mass is 35.5. The molecule has 0 bridgehead atoms. The second-order valence-electron chi connectivity index (χ2n) is 5.52. The lowest BCUT2D eigenvalue weighted by Gasteiger charge is -2.18. The molecule has 0 aliphatic heterocycles. The van der Waals surface area contributed by atoms with Crippen LogP contribution >= 0.6 is 11.6 Å². The van der Waals surface area contributed by atoms with Crippen molar-refractivity contribution in [3.05, 3.63) is 53.0 Å². The van der Waals surface area contributed by atoms with Crippen LogP contribution in [-0.2, 0) is 4.74 Å². The molecule has 8 nitrogen and oxygen atoms in total. The minimum absolute atomic E-state index is 0.0630. The van der Waals surface area contributed by atoms with Gasteiger partial charge in [-0.15, -0.1) is 0 Å². The maximum Gasteiger partial charge on any atom is 0.226 e. The molecule has 0 amide bonds. The Morgan fingerprint density at radius 2 is 2.04 bits per heavy atom. The fourth-order valence-corrected chi connectivity index (χ4v) is 2.49. The SMILES string of the molecule is COCC(Nc1cc(Nc2cc(C)[nH]n2)nc(Cl)n1)c1ccc(F)cn1. The van der Waals surface area contributed by atoms with Crippen LogP contribution in [0.4, 0.5) is 21.8 Å². The van der Waals surface area contributed by atoms with E-state index >= 15 is 0 Å². The molecule has 3 N–H and O–H groups in total. The van der Waals surface area contributed by atoms with Crippen LogP contribution in [0.3, 0.4) is 0 Å². The van der Waals surface area contributed by atoms with Crippen LogP contribution in [0.15, 0.2) is 30.5 Å². The third-order valence-electron chi connectivity index (χ3n) is 3.42. The Bertz CT molecular complexity index is 871. The van der Waals surface area contributed by atoms with E-state index < -0.39 is 5.82 Å². The van der Waals surface area contributed by atoms with Crippen LogP contribution in [0.25, 0.3) is 0 Å². The first kappa shape index (κ1) is 18.0. The Kier molecular flexibility index (Phi) is 5.59. The van der Waals surface area contributed by atoms with E-state index in [0.29, 0.717) is 29.8 Å². The molecule has 1 unspecified atom stereocenters. The van der Waals surface area contributed by atoms with E-state index in [1.807, 2.05) is 13.0 Å². The van der Waals surface area contributed by atoms with Gasteiger partial charge in [0.25, 0.3) is 0 Å². The van der Waals surface area contributed by atoms with Gasteiger partial charge in [-0.05, 0) is 30.7 Å². The van der Waals surface area contributed by atoms with Crippen LogP contribution in [0.2, 0.25) is 5.28 Å². The summed E-state index contributed by atoms with van der Waals surface area (Å²) >= 11 is 6.02. The minimum atomic E-state index is -0.407. The van der Waals surface area contributed by atoms with E-state index in [1.165, 1.54) is 6.07 Å². The predicted octanol–water partition coefficient (Wildman–Crippen LogP) is 3.24. The van der Waals surface area contributed by atoms with E-state index in [-0.39, 0.29) is 11.3 Å². The molecule has 1 atom stereocenters. The molecule has 0 aliphatic rings. The van der Waals surface area contributed by atoms with E-state index in [0.717, 1.165) is 11.9 Å². The number of hydrogen-bond donors (Lipinski definition) is 3.